The number of aromatic nitrogens is 2. The highest BCUT2D eigenvalue weighted by Gasteiger charge is 2.20. The van der Waals surface area contributed by atoms with Gasteiger partial charge in [-0.25, -0.2) is 13.2 Å². The summed E-state index contributed by atoms with van der Waals surface area (Å²) in [6.07, 6.45) is 3.56. The molecular weight excluding hydrogens is 307 g/mol. The maximum absolute atomic E-state index is 13.4. The number of aliphatic hydroxyl groups excluding tert-OH is 1. The van der Waals surface area contributed by atoms with Gasteiger partial charge >= 0.3 is 0 Å². The lowest BCUT2D eigenvalue weighted by Gasteiger charge is -2.21. The molecule has 0 saturated carbocycles. The third kappa shape index (κ3) is 3.92. The van der Waals surface area contributed by atoms with Crippen LogP contribution in [0.3, 0.4) is 0 Å². The Bertz CT molecular complexity index is 649. The maximum Gasteiger partial charge on any atom is 0.194 e. The van der Waals surface area contributed by atoms with E-state index in [1.54, 1.807) is 10.9 Å². The van der Waals surface area contributed by atoms with Gasteiger partial charge in [-0.3, -0.25) is 4.68 Å². The lowest BCUT2D eigenvalue weighted by Crippen LogP contribution is -2.27. The van der Waals surface area contributed by atoms with E-state index < -0.39 is 23.5 Å². The van der Waals surface area contributed by atoms with E-state index in [1.165, 1.54) is 0 Å². The molecule has 2 rings (SSSR count). The molecule has 126 valence electrons. The van der Waals surface area contributed by atoms with Crippen molar-refractivity contribution in [3.05, 3.63) is 53.1 Å². The summed E-state index contributed by atoms with van der Waals surface area (Å²) in [7, 11) is 0. The summed E-state index contributed by atoms with van der Waals surface area (Å²) in [4.78, 5) is 0. The molecule has 0 aliphatic carbocycles. The molecule has 1 aromatic carbocycles. The van der Waals surface area contributed by atoms with Crippen LogP contribution in [0.5, 0.6) is 0 Å². The molecule has 2 atom stereocenters. The second kappa shape index (κ2) is 7.14. The van der Waals surface area contributed by atoms with Crippen molar-refractivity contribution >= 4 is 0 Å². The molecule has 2 unspecified atom stereocenters. The van der Waals surface area contributed by atoms with Crippen LogP contribution in [0.25, 0.3) is 0 Å². The van der Waals surface area contributed by atoms with Crippen LogP contribution >= 0.6 is 0 Å². The number of rotatable bonds is 6. The molecule has 0 radical (unpaired) electrons. The van der Waals surface area contributed by atoms with E-state index in [1.807, 2.05) is 27.0 Å². The van der Waals surface area contributed by atoms with Crippen molar-refractivity contribution in [1.82, 2.24) is 15.1 Å². The van der Waals surface area contributed by atoms with Gasteiger partial charge in [0.2, 0.25) is 0 Å². The van der Waals surface area contributed by atoms with Gasteiger partial charge in [0.15, 0.2) is 17.5 Å². The summed E-state index contributed by atoms with van der Waals surface area (Å²) < 4.78 is 41.5. The number of hydrogen-bond acceptors (Lipinski definition) is 3. The predicted octanol–water partition coefficient (Wildman–Crippen LogP) is 3.27. The van der Waals surface area contributed by atoms with Gasteiger partial charge in [-0.2, -0.15) is 5.10 Å². The predicted molar refractivity (Wildman–Crippen MR) is 80.3 cm³/mol. The number of aliphatic hydroxyl groups is 1. The third-order valence-corrected chi connectivity index (χ3v) is 3.69. The summed E-state index contributed by atoms with van der Waals surface area (Å²) >= 11 is 0. The topological polar surface area (TPSA) is 50.1 Å². The third-order valence-electron chi connectivity index (χ3n) is 3.69. The van der Waals surface area contributed by atoms with Crippen molar-refractivity contribution < 1.29 is 18.3 Å². The van der Waals surface area contributed by atoms with E-state index in [-0.39, 0.29) is 24.3 Å². The lowest BCUT2D eigenvalue weighted by molar-refractivity contribution is 0.234. The van der Waals surface area contributed by atoms with Crippen LogP contribution < -0.4 is 5.32 Å². The molecule has 23 heavy (non-hydrogen) atoms. The zero-order valence-corrected chi connectivity index (χ0v) is 13.2. The van der Waals surface area contributed by atoms with E-state index in [0.29, 0.717) is 0 Å². The smallest absolute Gasteiger partial charge is 0.194 e. The minimum atomic E-state index is -1.52. The SMILES string of the molecule is CC(NC(CO)c1cc(F)c(F)c(F)c1)c1cnn(C(C)C)c1. The fraction of sp³-hybridized carbons (Fsp3) is 0.438. The summed E-state index contributed by atoms with van der Waals surface area (Å²) in [5.74, 6) is -4.07. The molecule has 2 N–H and O–H groups in total. The monoisotopic (exact) mass is 327 g/mol. The molecule has 2 aromatic rings. The highest BCUT2D eigenvalue weighted by Crippen LogP contribution is 2.23. The molecule has 0 bridgehead atoms. The molecule has 4 nitrogen and oxygen atoms in total. The Hall–Kier alpha value is -1.86. The number of nitrogens with zero attached hydrogens (tertiary/aromatic N) is 2. The molecule has 1 aromatic heterocycles. The second-order valence-electron chi connectivity index (χ2n) is 5.77. The molecule has 0 saturated heterocycles. The second-order valence-corrected chi connectivity index (χ2v) is 5.77. The van der Waals surface area contributed by atoms with Gasteiger partial charge in [0.25, 0.3) is 0 Å². The Balaban J connectivity index is 2.18. The van der Waals surface area contributed by atoms with Crippen LogP contribution in [0.15, 0.2) is 24.5 Å². The van der Waals surface area contributed by atoms with E-state index >= 15 is 0 Å². The molecule has 0 fully saturated rings. The van der Waals surface area contributed by atoms with Gasteiger partial charge in [0.05, 0.1) is 18.8 Å². The summed E-state index contributed by atoms with van der Waals surface area (Å²) in [5, 5.41) is 16.8. The normalized spacial score (nSPS) is 14.3. The first-order chi connectivity index (χ1) is 10.8. The Morgan fingerprint density at radius 1 is 1.13 bits per heavy atom. The summed E-state index contributed by atoms with van der Waals surface area (Å²) in [6.45, 7) is 5.46. The van der Waals surface area contributed by atoms with Crippen LogP contribution in [-0.2, 0) is 0 Å². The van der Waals surface area contributed by atoms with Crippen molar-refractivity contribution in [3.63, 3.8) is 0 Å². The Morgan fingerprint density at radius 3 is 2.22 bits per heavy atom. The highest BCUT2D eigenvalue weighted by molar-refractivity contribution is 5.23. The van der Waals surface area contributed by atoms with Gasteiger partial charge in [-0.1, -0.05) is 0 Å². The van der Waals surface area contributed by atoms with E-state index in [9.17, 15) is 18.3 Å². The van der Waals surface area contributed by atoms with Gasteiger partial charge in [-0.05, 0) is 38.5 Å². The van der Waals surface area contributed by atoms with E-state index in [2.05, 4.69) is 10.4 Å². The first-order valence-electron chi connectivity index (χ1n) is 7.38. The van der Waals surface area contributed by atoms with Crippen LogP contribution in [0, 0.1) is 17.5 Å². The first-order valence-corrected chi connectivity index (χ1v) is 7.38. The summed E-state index contributed by atoms with van der Waals surface area (Å²) in [5.41, 5.74) is 1.02. The molecule has 0 aliphatic rings. The minimum Gasteiger partial charge on any atom is -0.394 e. The van der Waals surface area contributed by atoms with Gasteiger partial charge in [0, 0.05) is 23.8 Å². The van der Waals surface area contributed by atoms with Crippen LogP contribution in [0.2, 0.25) is 0 Å². The van der Waals surface area contributed by atoms with Crippen molar-refractivity contribution in [3.8, 4) is 0 Å². The summed E-state index contributed by atoms with van der Waals surface area (Å²) in [6, 6.07) is 1.05. The van der Waals surface area contributed by atoms with Crippen molar-refractivity contribution in [2.75, 3.05) is 6.61 Å². The highest BCUT2D eigenvalue weighted by atomic mass is 19.2. The van der Waals surface area contributed by atoms with Crippen LogP contribution in [-0.4, -0.2) is 21.5 Å². The largest absolute Gasteiger partial charge is 0.394 e. The molecular formula is C16H20F3N3O. The minimum absolute atomic E-state index is 0.145. The Kier molecular flexibility index (Phi) is 5.43. The van der Waals surface area contributed by atoms with Crippen LogP contribution in [0.1, 0.15) is 50.0 Å². The van der Waals surface area contributed by atoms with Gasteiger partial charge < -0.3 is 10.4 Å². The van der Waals surface area contributed by atoms with Gasteiger partial charge in [0.1, 0.15) is 0 Å². The van der Waals surface area contributed by atoms with Gasteiger partial charge in [-0.15, -0.1) is 0 Å². The average Bonchev–Trinajstić information content (AvgIpc) is 2.99. The molecule has 0 aliphatic heterocycles. The maximum atomic E-state index is 13.4. The quantitative estimate of drug-likeness (QED) is 0.801. The van der Waals surface area contributed by atoms with Crippen molar-refractivity contribution in [2.24, 2.45) is 0 Å². The molecule has 0 spiro atoms. The van der Waals surface area contributed by atoms with Crippen molar-refractivity contribution in [2.45, 2.75) is 38.9 Å². The van der Waals surface area contributed by atoms with Crippen molar-refractivity contribution in [1.29, 1.82) is 0 Å². The Morgan fingerprint density at radius 2 is 1.74 bits per heavy atom. The molecule has 7 heteroatoms. The standard InChI is InChI=1S/C16H20F3N3O/c1-9(2)22-7-12(6-20-22)10(3)21-15(8-23)11-4-13(17)16(19)14(18)5-11/h4-7,9-10,15,21,23H,8H2,1-3H3. The zero-order chi connectivity index (χ0) is 17.1. The average molecular weight is 327 g/mol. The first kappa shape index (κ1) is 17.5. The van der Waals surface area contributed by atoms with E-state index in [0.717, 1.165) is 17.7 Å². The fourth-order valence-electron chi connectivity index (χ4n) is 2.29. The number of nitrogens with one attached hydrogen (secondary N) is 1. The number of hydrogen-bond donors (Lipinski definition) is 2. The fourth-order valence-corrected chi connectivity index (χ4v) is 2.29. The molecule has 0 amide bonds. The zero-order valence-electron chi connectivity index (χ0n) is 13.2. The molecule has 1 heterocycles. The lowest BCUT2D eigenvalue weighted by atomic mass is 10.0. The number of halogens is 3. The number of benzene rings is 1. The Labute approximate surface area is 132 Å². The van der Waals surface area contributed by atoms with Crippen LogP contribution in [0.4, 0.5) is 13.2 Å². The van der Waals surface area contributed by atoms with E-state index in [4.69, 9.17) is 0 Å².